The molecule has 110 valence electrons. The number of hydrogen-bond acceptors (Lipinski definition) is 2. The number of hydrogen-bond donors (Lipinski definition) is 1. The van der Waals surface area contributed by atoms with Crippen molar-refractivity contribution in [3.63, 3.8) is 0 Å². The molecule has 0 amide bonds. The van der Waals surface area contributed by atoms with Crippen LogP contribution in [-0.4, -0.2) is 12.0 Å². The van der Waals surface area contributed by atoms with Gasteiger partial charge in [-0.3, -0.25) is 0 Å². The SMILES string of the molecule is Cc1cc(N(C)C(C)c2ccc(Cl)cc2)ccc1C(N)=S. The quantitative estimate of drug-likeness (QED) is 0.843. The molecule has 0 aliphatic rings. The van der Waals surface area contributed by atoms with E-state index in [-0.39, 0.29) is 6.04 Å². The molecule has 0 saturated heterocycles. The first-order chi connectivity index (χ1) is 9.90. The van der Waals surface area contributed by atoms with E-state index in [1.807, 2.05) is 31.2 Å². The zero-order chi connectivity index (χ0) is 15.6. The van der Waals surface area contributed by atoms with E-state index in [4.69, 9.17) is 29.6 Å². The molecule has 1 atom stereocenters. The number of aryl methyl sites for hydroxylation is 1. The molecular formula is C17H19ClN2S. The molecule has 2 aromatic carbocycles. The maximum absolute atomic E-state index is 5.94. The number of benzene rings is 2. The van der Waals surface area contributed by atoms with Crippen LogP contribution < -0.4 is 10.6 Å². The second-order valence-electron chi connectivity index (χ2n) is 5.20. The topological polar surface area (TPSA) is 29.3 Å². The van der Waals surface area contributed by atoms with Gasteiger partial charge in [-0.2, -0.15) is 0 Å². The third kappa shape index (κ3) is 3.55. The number of rotatable bonds is 4. The first-order valence-electron chi connectivity index (χ1n) is 6.79. The van der Waals surface area contributed by atoms with Gasteiger partial charge in [0.25, 0.3) is 0 Å². The van der Waals surface area contributed by atoms with Gasteiger partial charge in [-0.1, -0.05) is 36.0 Å². The first-order valence-corrected chi connectivity index (χ1v) is 7.57. The Morgan fingerprint density at radius 1 is 1.19 bits per heavy atom. The maximum Gasteiger partial charge on any atom is 0.104 e. The third-order valence-electron chi connectivity index (χ3n) is 3.82. The summed E-state index contributed by atoms with van der Waals surface area (Å²) in [6.45, 7) is 4.19. The molecule has 0 radical (unpaired) electrons. The van der Waals surface area contributed by atoms with Crippen LogP contribution in [-0.2, 0) is 0 Å². The lowest BCUT2D eigenvalue weighted by atomic mass is 10.0. The number of halogens is 1. The second kappa shape index (κ2) is 6.46. The van der Waals surface area contributed by atoms with E-state index in [9.17, 15) is 0 Å². The summed E-state index contributed by atoms with van der Waals surface area (Å²) in [4.78, 5) is 2.66. The minimum absolute atomic E-state index is 0.248. The fourth-order valence-electron chi connectivity index (χ4n) is 2.33. The molecular weight excluding hydrogens is 300 g/mol. The van der Waals surface area contributed by atoms with E-state index in [2.05, 4.69) is 37.1 Å². The second-order valence-corrected chi connectivity index (χ2v) is 6.08. The minimum atomic E-state index is 0.248. The van der Waals surface area contributed by atoms with E-state index in [0.717, 1.165) is 21.8 Å². The van der Waals surface area contributed by atoms with Crippen LogP contribution in [0, 0.1) is 6.92 Å². The molecule has 2 rings (SSSR count). The third-order valence-corrected chi connectivity index (χ3v) is 4.29. The summed E-state index contributed by atoms with van der Waals surface area (Å²) in [5.74, 6) is 0. The van der Waals surface area contributed by atoms with Gasteiger partial charge < -0.3 is 10.6 Å². The number of anilines is 1. The van der Waals surface area contributed by atoms with Crippen molar-refractivity contribution in [1.82, 2.24) is 0 Å². The lowest BCUT2D eigenvalue weighted by molar-refractivity contribution is 0.739. The largest absolute Gasteiger partial charge is 0.389 e. The monoisotopic (exact) mass is 318 g/mol. The van der Waals surface area contributed by atoms with E-state index in [0.29, 0.717) is 4.99 Å². The van der Waals surface area contributed by atoms with Crippen LogP contribution in [0.25, 0.3) is 0 Å². The zero-order valence-electron chi connectivity index (χ0n) is 12.4. The van der Waals surface area contributed by atoms with E-state index >= 15 is 0 Å². The Labute approximate surface area is 136 Å². The lowest BCUT2D eigenvalue weighted by Gasteiger charge is -2.28. The summed E-state index contributed by atoms with van der Waals surface area (Å²) in [5, 5.41) is 0.755. The van der Waals surface area contributed by atoms with Crippen LogP contribution in [0.5, 0.6) is 0 Å². The van der Waals surface area contributed by atoms with Crippen LogP contribution >= 0.6 is 23.8 Å². The van der Waals surface area contributed by atoms with Crippen LogP contribution in [0.2, 0.25) is 5.02 Å². The van der Waals surface area contributed by atoms with Crippen molar-refractivity contribution >= 4 is 34.5 Å². The molecule has 0 aromatic heterocycles. The average Bonchev–Trinajstić information content (AvgIpc) is 2.46. The van der Waals surface area contributed by atoms with Crippen molar-refractivity contribution in [3.05, 3.63) is 64.2 Å². The van der Waals surface area contributed by atoms with Crippen molar-refractivity contribution in [1.29, 1.82) is 0 Å². The molecule has 1 unspecified atom stereocenters. The summed E-state index contributed by atoms with van der Waals surface area (Å²) in [6, 6.07) is 14.3. The molecule has 4 heteroatoms. The summed E-state index contributed by atoms with van der Waals surface area (Å²) in [6.07, 6.45) is 0. The highest BCUT2D eigenvalue weighted by Gasteiger charge is 2.13. The van der Waals surface area contributed by atoms with Crippen molar-refractivity contribution in [2.75, 3.05) is 11.9 Å². The number of nitrogens with zero attached hydrogens (tertiary/aromatic N) is 1. The predicted molar refractivity (Wildman–Crippen MR) is 95.3 cm³/mol. The number of nitrogens with two attached hydrogens (primary N) is 1. The normalized spacial score (nSPS) is 12.0. The highest BCUT2D eigenvalue weighted by Crippen LogP contribution is 2.27. The molecule has 0 aliphatic heterocycles. The van der Waals surface area contributed by atoms with Crippen LogP contribution in [0.3, 0.4) is 0 Å². The average molecular weight is 319 g/mol. The maximum atomic E-state index is 5.94. The van der Waals surface area contributed by atoms with Gasteiger partial charge in [0, 0.05) is 23.3 Å². The molecule has 0 heterocycles. The van der Waals surface area contributed by atoms with Gasteiger partial charge in [-0.15, -0.1) is 0 Å². The van der Waals surface area contributed by atoms with Gasteiger partial charge in [0.2, 0.25) is 0 Å². The van der Waals surface area contributed by atoms with E-state index < -0.39 is 0 Å². The molecule has 0 aliphatic carbocycles. The zero-order valence-corrected chi connectivity index (χ0v) is 14.0. The molecule has 0 saturated carbocycles. The summed E-state index contributed by atoms with van der Waals surface area (Å²) in [5.41, 5.74) is 10.1. The molecule has 0 spiro atoms. The first kappa shape index (κ1) is 15.8. The van der Waals surface area contributed by atoms with E-state index in [1.165, 1.54) is 5.56 Å². The highest BCUT2D eigenvalue weighted by atomic mass is 35.5. The molecule has 2 nitrogen and oxygen atoms in total. The molecule has 0 fully saturated rings. The highest BCUT2D eigenvalue weighted by molar-refractivity contribution is 7.80. The number of thiocarbonyl (C=S) groups is 1. The smallest absolute Gasteiger partial charge is 0.104 e. The van der Waals surface area contributed by atoms with Crippen molar-refractivity contribution in [2.45, 2.75) is 19.9 Å². The van der Waals surface area contributed by atoms with Gasteiger partial charge >= 0.3 is 0 Å². The Morgan fingerprint density at radius 3 is 2.33 bits per heavy atom. The van der Waals surface area contributed by atoms with Gasteiger partial charge in [0.15, 0.2) is 0 Å². The summed E-state index contributed by atoms with van der Waals surface area (Å²) < 4.78 is 0. The Bertz CT molecular complexity index is 652. The summed E-state index contributed by atoms with van der Waals surface area (Å²) >= 11 is 11.0. The summed E-state index contributed by atoms with van der Waals surface area (Å²) in [7, 11) is 2.08. The fourth-order valence-corrected chi connectivity index (χ4v) is 2.69. The Hall–Kier alpha value is -1.58. The predicted octanol–water partition coefficient (Wildman–Crippen LogP) is 4.48. The van der Waals surface area contributed by atoms with Crippen molar-refractivity contribution in [2.24, 2.45) is 5.73 Å². The molecule has 2 aromatic rings. The fraction of sp³-hybridized carbons (Fsp3) is 0.235. The standard InChI is InChI=1S/C17H19ClN2S/c1-11-10-15(8-9-16(11)17(19)21)20(3)12(2)13-4-6-14(18)7-5-13/h4-10,12H,1-3H3,(H2,19,21). The minimum Gasteiger partial charge on any atom is -0.389 e. The Morgan fingerprint density at radius 2 is 1.81 bits per heavy atom. The molecule has 2 N–H and O–H groups in total. The van der Waals surface area contributed by atoms with Gasteiger partial charge in [0.05, 0.1) is 6.04 Å². The van der Waals surface area contributed by atoms with Crippen molar-refractivity contribution in [3.8, 4) is 0 Å². The van der Waals surface area contributed by atoms with Crippen LogP contribution in [0.4, 0.5) is 5.69 Å². The van der Waals surface area contributed by atoms with Crippen molar-refractivity contribution < 1.29 is 0 Å². The molecule has 0 bridgehead atoms. The Kier molecular flexibility index (Phi) is 4.86. The van der Waals surface area contributed by atoms with E-state index in [1.54, 1.807) is 0 Å². The van der Waals surface area contributed by atoms with Gasteiger partial charge in [-0.05, 0) is 55.3 Å². The molecule has 21 heavy (non-hydrogen) atoms. The van der Waals surface area contributed by atoms with Crippen LogP contribution in [0.15, 0.2) is 42.5 Å². The Balaban J connectivity index is 2.27. The van der Waals surface area contributed by atoms with Gasteiger partial charge in [-0.25, -0.2) is 0 Å². The van der Waals surface area contributed by atoms with Crippen LogP contribution in [0.1, 0.15) is 29.7 Å². The van der Waals surface area contributed by atoms with Gasteiger partial charge in [0.1, 0.15) is 4.99 Å². The lowest BCUT2D eigenvalue weighted by Crippen LogP contribution is -2.22.